The number of halogens is 2. The average molecular weight is 480 g/mol. The van der Waals surface area contributed by atoms with Gasteiger partial charge in [-0.15, -0.1) is 22.7 Å². The van der Waals surface area contributed by atoms with Crippen molar-refractivity contribution in [2.24, 2.45) is 0 Å². The third-order valence-corrected chi connectivity index (χ3v) is 5.88. The Labute approximate surface area is 190 Å². The van der Waals surface area contributed by atoms with Crippen LogP contribution in [0.1, 0.15) is 17.4 Å². The number of alkyl halides is 2. The Kier molecular flexibility index (Phi) is 7.90. The molecule has 0 spiro atoms. The largest absolute Gasteiger partial charge is 0.493 e. The molecule has 0 unspecified atom stereocenters. The quantitative estimate of drug-likeness (QED) is 0.432. The summed E-state index contributed by atoms with van der Waals surface area (Å²) in [5.74, 6) is -0.604. The van der Waals surface area contributed by atoms with Gasteiger partial charge >= 0.3 is 6.61 Å². The number of nitrogens with zero attached hydrogens (tertiary/aromatic N) is 1. The molecule has 32 heavy (non-hydrogen) atoms. The molecule has 2 heterocycles. The first kappa shape index (κ1) is 23.4. The molecule has 1 aromatic carbocycles. The molecule has 0 saturated carbocycles. The number of thiazole rings is 1. The number of rotatable bonds is 9. The minimum Gasteiger partial charge on any atom is -0.493 e. The van der Waals surface area contributed by atoms with Gasteiger partial charge in [-0.05, 0) is 24.3 Å². The summed E-state index contributed by atoms with van der Waals surface area (Å²) in [5.41, 5.74) is 0.971. The highest BCUT2D eigenvalue weighted by Crippen LogP contribution is 2.33. The van der Waals surface area contributed by atoms with Crippen molar-refractivity contribution in [1.82, 2.24) is 10.3 Å². The summed E-state index contributed by atoms with van der Waals surface area (Å²) < 4.78 is 35.0. The fourth-order valence-electron chi connectivity index (χ4n) is 2.62. The molecule has 3 aromatic rings. The van der Waals surface area contributed by atoms with E-state index in [0.29, 0.717) is 17.4 Å². The molecule has 0 aliphatic rings. The van der Waals surface area contributed by atoms with Gasteiger partial charge < -0.3 is 14.8 Å². The highest BCUT2D eigenvalue weighted by atomic mass is 32.1. The number of amides is 2. The van der Waals surface area contributed by atoms with Crippen LogP contribution in [0.5, 0.6) is 11.5 Å². The number of benzene rings is 1. The van der Waals surface area contributed by atoms with Gasteiger partial charge in [-0.3, -0.25) is 14.9 Å². The van der Waals surface area contributed by atoms with Crippen LogP contribution in [0.4, 0.5) is 13.9 Å². The molecule has 0 radical (unpaired) electrons. The second-order valence-corrected chi connectivity index (χ2v) is 8.32. The summed E-state index contributed by atoms with van der Waals surface area (Å²) in [6.07, 6.45) is 2.56. The first-order chi connectivity index (χ1) is 15.4. The first-order valence-electron chi connectivity index (χ1n) is 9.25. The Balaban J connectivity index is 1.66. The van der Waals surface area contributed by atoms with Crippen LogP contribution in [-0.4, -0.2) is 30.5 Å². The highest BCUT2D eigenvalue weighted by Gasteiger charge is 2.14. The zero-order chi connectivity index (χ0) is 23.1. The summed E-state index contributed by atoms with van der Waals surface area (Å²) in [5, 5.41) is 7.58. The third-order valence-electron chi connectivity index (χ3n) is 4.01. The van der Waals surface area contributed by atoms with E-state index in [4.69, 9.17) is 4.74 Å². The average Bonchev–Trinajstić information content (AvgIpc) is 3.40. The van der Waals surface area contributed by atoms with Crippen LogP contribution in [-0.2, 0) is 16.1 Å². The maximum atomic E-state index is 12.7. The first-order valence-corrected chi connectivity index (χ1v) is 10.9. The number of ether oxygens (including phenoxy) is 2. The number of carbonyl (C=O) groups is 2. The van der Waals surface area contributed by atoms with Gasteiger partial charge in [0.25, 0.3) is 0 Å². The van der Waals surface area contributed by atoms with Crippen LogP contribution in [0, 0.1) is 0 Å². The molecule has 2 N–H and O–H groups in total. The molecule has 0 aliphatic heterocycles. The van der Waals surface area contributed by atoms with E-state index in [0.717, 1.165) is 9.75 Å². The van der Waals surface area contributed by atoms with Gasteiger partial charge in [-0.2, -0.15) is 8.78 Å². The lowest BCUT2D eigenvalue weighted by atomic mass is 10.1. The summed E-state index contributed by atoms with van der Waals surface area (Å²) in [4.78, 5) is 29.6. The number of methoxy groups -OCH3 is 1. The van der Waals surface area contributed by atoms with Crippen molar-refractivity contribution in [2.75, 3.05) is 12.4 Å². The number of aromatic nitrogens is 1. The Hall–Kier alpha value is -3.31. The summed E-state index contributed by atoms with van der Waals surface area (Å²) in [7, 11) is 1.34. The number of anilines is 1. The zero-order valence-electron chi connectivity index (χ0n) is 17.1. The maximum Gasteiger partial charge on any atom is 0.387 e. The molecule has 2 aromatic heterocycles. The molecule has 0 saturated heterocycles. The molecule has 0 fully saturated rings. The van der Waals surface area contributed by atoms with E-state index < -0.39 is 12.5 Å². The van der Waals surface area contributed by atoms with E-state index in [-0.39, 0.29) is 23.0 Å². The maximum absolute atomic E-state index is 12.7. The Morgan fingerprint density at radius 2 is 2.06 bits per heavy atom. The molecule has 7 nitrogen and oxygen atoms in total. The van der Waals surface area contributed by atoms with Crippen LogP contribution < -0.4 is 20.1 Å². The van der Waals surface area contributed by atoms with Gasteiger partial charge in [-0.1, -0.05) is 12.1 Å². The Bertz CT molecular complexity index is 1130. The van der Waals surface area contributed by atoms with E-state index in [1.54, 1.807) is 6.07 Å². The minimum atomic E-state index is -3.03. The van der Waals surface area contributed by atoms with E-state index in [2.05, 4.69) is 20.4 Å². The van der Waals surface area contributed by atoms with Crippen molar-refractivity contribution in [3.8, 4) is 22.1 Å². The van der Waals surface area contributed by atoms with Crippen molar-refractivity contribution >= 4 is 45.7 Å². The van der Waals surface area contributed by atoms with Crippen molar-refractivity contribution < 1.29 is 27.8 Å². The molecule has 0 aliphatic carbocycles. The fourth-order valence-corrected chi connectivity index (χ4v) is 4.32. The molecule has 3 rings (SSSR count). The number of para-hydroxylation sites is 1. The summed E-state index contributed by atoms with van der Waals surface area (Å²) >= 11 is 2.75. The summed E-state index contributed by atoms with van der Waals surface area (Å²) in [6, 6.07) is 8.42. The van der Waals surface area contributed by atoms with E-state index in [1.165, 1.54) is 61.0 Å². The minimum absolute atomic E-state index is 0.103. The lowest BCUT2D eigenvalue weighted by Gasteiger charge is -2.12. The predicted molar refractivity (Wildman–Crippen MR) is 120 cm³/mol. The third kappa shape index (κ3) is 6.34. The van der Waals surface area contributed by atoms with Crippen LogP contribution in [0.2, 0.25) is 0 Å². The van der Waals surface area contributed by atoms with Gasteiger partial charge in [-0.25, -0.2) is 4.98 Å². The standard InChI is InChI=1S/C21H19F2N3O4S2/c1-12(27)24-10-14-7-8-17(32-14)15-11-31-21(25-15)26-18(28)9-6-13-4-3-5-16(29-2)19(13)30-20(22)23/h3-9,11,20H,10H2,1-2H3,(H,24,27)(H,25,26,28)/b9-6+. The zero-order valence-corrected chi connectivity index (χ0v) is 18.7. The van der Waals surface area contributed by atoms with Crippen LogP contribution in [0.15, 0.2) is 41.8 Å². The van der Waals surface area contributed by atoms with Crippen molar-refractivity contribution in [1.29, 1.82) is 0 Å². The SMILES string of the molecule is COc1cccc(/C=C/C(=O)Nc2nc(-c3ccc(CNC(C)=O)s3)cs2)c1OC(F)F. The van der Waals surface area contributed by atoms with E-state index >= 15 is 0 Å². The lowest BCUT2D eigenvalue weighted by Crippen LogP contribution is -2.17. The van der Waals surface area contributed by atoms with Crippen LogP contribution in [0.25, 0.3) is 16.6 Å². The Morgan fingerprint density at radius 3 is 2.78 bits per heavy atom. The highest BCUT2D eigenvalue weighted by molar-refractivity contribution is 7.17. The molecule has 0 atom stereocenters. The lowest BCUT2D eigenvalue weighted by molar-refractivity contribution is -0.119. The normalized spacial score (nSPS) is 11.0. The second kappa shape index (κ2) is 10.8. The van der Waals surface area contributed by atoms with E-state index in [9.17, 15) is 18.4 Å². The van der Waals surface area contributed by atoms with Crippen LogP contribution >= 0.6 is 22.7 Å². The van der Waals surface area contributed by atoms with Crippen molar-refractivity contribution in [3.05, 3.63) is 52.2 Å². The molecule has 2 amide bonds. The van der Waals surface area contributed by atoms with Crippen molar-refractivity contribution in [3.63, 3.8) is 0 Å². The Morgan fingerprint density at radius 1 is 1.25 bits per heavy atom. The van der Waals surface area contributed by atoms with Crippen LogP contribution in [0.3, 0.4) is 0 Å². The predicted octanol–water partition coefficient (Wildman–Crippen LogP) is 4.77. The van der Waals surface area contributed by atoms with Gasteiger partial charge in [0, 0.05) is 28.8 Å². The monoisotopic (exact) mass is 479 g/mol. The molecule has 0 bridgehead atoms. The van der Waals surface area contributed by atoms with Gasteiger partial charge in [0.1, 0.15) is 0 Å². The van der Waals surface area contributed by atoms with Crippen molar-refractivity contribution in [2.45, 2.75) is 20.1 Å². The van der Waals surface area contributed by atoms with Gasteiger partial charge in [0.2, 0.25) is 11.8 Å². The second-order valence-electron chi connectivity index (χ2n) is 6.29. The van der Waals surface area contributed by atoms with Gasteiger partial charge in [0.15, 0.2) is 16.6 Å². The fraction of sp³-hybridized carbons (Fsp3) is 0.190. The number of hydrogen-bond acceptors (Lipinski definition) is 7. The number of hydrogen-bond donors (Lipinski definition) is 2. The van der Waals surface area contributed by atoms with E-state index in [1.807, 2.05) is 17.5 Å². The number of carbonyl (C=O) groups excluding carboxylic acids is 2. The van der Waals surface area contributed by atoms with Gasteiger partial charge in [0.05, 0.1) is 24.2 Å². The molecular formula is C21H19F2N3O4S2. The summed E-state index contributed by atoms with van der Waals surface area (Å²) in [6.45, 7) is -1.13. The molecular weight excluding hydrogens is 460 g/mol. The number of nitrogens with one attached hydrogen (secondary N) is 2. The number of thiophene rings is 1. The topological polar surface area (TPSA) is 89.5 Å². The molecule has 168 valence electrons. The smallest absolute Gasteiger partial charge is 0.387 e. The molecule has 11 heteroatoms.